The van der Waals surface area contributed by atoms with Gasteiger partial charge in [-0.3, -0.25) is 14.7 Å². The molecule has 0 radical (unpaired) electrons. The summed E-state index contributed by atoms with van der Waals surface area (Å²) in [4.78, 5) is 24.6. The van der Waals surface area contributed by atoms with Crippen molar-refractivity contribution < 1.29 is 9.53 Å². The number of anilines is 2. The molecule has 2 fully saturated rings. The first-order valence-electron chi connectivity index (χ1n) is 18.8. The number of aromatic nitrogens is 1. The first-order chi connectivity index (χ1) is 24.1. The molecular weight excluding hydrogens is 617 g/mol. The highest BCUT2D eigenvalue weighted by Gasteiger charge is 2.27. The molecule has 2 heterocycles. The molecule has 1 aromatic heterocycles. The number of hydrogen-bond donors (Lipinski definition) is 1. The summed E-state index contributed by atoms with van der Waals surface area (Å²) in [5, 5.41) is 3.78. The van der Waals surface area contributed by atoms with Crippen LogP contribution in [-0.2, 0) is 9.53 Å². The Bertz CT molecular complexity index is 1680. The normalized spacial score (nSPS) is 17.4. The number of piperidine rings is 1. The van der Waals surface area contributed by atoms with E-state index in [9.17, 15) is 4.79 Å². The van der Waals surface area contributed by atoms with Gasteiger partial charge in [-0.05, 0) is 150 Å². The predicted octanol–water partition coefficient (Wildman–Crippen LogP) is 11.4. The van der Waals surface area contributed by atoms with Crippen molar-refractivity contribution in [3.8, 4) is 0 Å². The number of methoxy groups -OCH3 is 1. The number of ketones is 1. The van der Waals surface area contributed by atoms with Gasteiger partial charge in [-0.15, -0.1) is 0 Å². The number of pyridine rings is 1. The molecule has 268 valence electrons. The molecule has 6 nitrogen and oxygen atoms in total. The van der Waals surface area contributed by atoms with Crippen LogP contribution >= 0.6 is 0 Å². The Morgan fingerprint density at radius 3 is 2.42 bits per heavy atom. The maximum atomic E-state index is 12.3. The van der Waals surface area contributed by atoms with Crippen LogP contribution < -0.4 is 5.32 Å². The maximum Gasteiger partial charge on any atom is 0.149 e. The molecule has 1 atom stereocenters. The lowest BCUT2D eigenvalue weighted by Gasteiger charge is -2.36. The summed E-state index contributed by atoms with van der Waals surface area (Å²) in [6, 6.07) is 9.00. The third-order valence-corrected chi connectivity index (χ3v) is 10.6. The summed E-state index contributed by atoms with van der Waals surface area (Å²) >= 11 is 0. The third-order valence-electron chi connectivity index (χ3n) is 10.6. The van der Waals surface area contributed by atoms with Crippen molar-refractivity contribution in [1.29, 1.82) is 0 Å². The summed E-state index contributed by atoms with van der Waals surface area (Å²) in [7, 11) is 1.69. The molecule has 1 aliphatic heterocycles. The van der Waals surface area contributed by atoms with E-state index in [4.69, 9.17) is 9.72 Å². The number of nitrogens with zero attached hydrogens (tertiary/aromatic N) is 3. The van der Waals surface area contributed by atoms with Crippen molar-refractivity contribution in [2.45, 2.75) is 119 Å². The lowest BCUT2D eigenvalue weighted by Crippen LogP contribution is -2.43. The minimum absolute atomic E-state index is 0.0158. The summed E-state index contributed by atoms with van der Waals surface area (Å²) < 4.78 is 5.56. The number of aryl methyl sites for hydroxylation is 1. The standard InChI is InChI=1S/C44H60N4O2/c1-10-13-14-15-17-37-27-40(32(6)28-45-29-42(50-9)30(4)11-2)47-44(43(37)33(7)35-18-16-19-35)46-38-20-21-39(31(5)26-38)36-22-24-48(25-23-36)34(8)41(49)12-3/h13-15,17,20-21,26-29,34,36H,10-12,16,18-19,22-25H2,1-9H3,(H,46,47)/b14-13+,17-15-,32-28+,42-30?,45-29?. The largest absolute Gasteiger partial charge is 0.495 e. The number of carbonyl (C=O) groups is 1. The van der Waals surface area contributed by atoms with Crippen LogP contribution in [0.3, 0.4) is 0 Å². The molecule has 2 aromatic rings. The van der Waals surface area contributed by atoms with Crippen molar-refractivity contribution in [2.24, 2.45) is 4.99 Å². The van der Waals surface area contributed by atoms with Crippen LogP contribution in [0.1, 0.15) is 134 Å². The molecule has 2 aliphatic rings. The van der Waals surface area contributed by atoms with Crippen LogP contribution in [0.4, 0.5) is 11.5 Å². The SMILES string of the molecule is CC/C=C/C=C\c1cc(/C(C)=C/N=CC(OC)=C(C)CC)nc(Nc2ccc(C3CCN(C(C)C(=O)CC)CC3)c(C)c2)c1C(C)=C1CCC1. The van der Waals surface area contributed by atoms with Gasteiger partial charge in [0.25, 0.3) is 0 Å². The second-order valence-electron chi connectivity index (χ2n) is 13.9. The number of benzene rings is 1. The molecule has 0 spiro atoms. The molecule has 0 bridgehead atoms. The summed E-state index contributed by atoms with van der Waals surface area (Å²) in [5.41, 5.74) is 11.9. The second-order valence-corrected chi connectivity index (χ2v) is 13.9. The minimum Gasteiger partial charge on any atom is -0.495 e. The van der Waals surface area contributed by atoms with Crippen molar-refractivity contribution in [1.82, 2.24) is 9.88 Å². The van der Waals surface area contributed by atoms with Crippen LogP contribution in [0, 0.1) is 6.92 Å². The first kappa shape index (κ1) is 38.8. The van der Waals surface area contributed by atoms with Gasteiger partial charge < -0.3 is 10.1 Å². The van der Waals surface area contributed by atoms with E-state index in [1.807, 2.05) is 13.1 Å². The Morgan fingerprint density at radius 2 is 1.82 bits per heavy atom. The van der Waals surface area contributed by atoms with Gasteiger partial charge in [0.15, 0.2) is 0 Å². The molecule has 50 heavy (non-hydrogen) atoms. The highest BCUT2D eigenvalue weighted by atomic mass is 16.5. The van der Waals surface area contributed by atoms with Gasteiger partial charge in [0.2, 0.25) is 0 Å². The fourth-order valence-corrected chi connectivity index (χ4v) is 6.90. The third kappa shape index (κ3) is 9.81. The summed E-state index contributed by atoms with van der Waals surface area (Å²) in [6.45, 7) is 18.8. The Balaban J connectivity index is 1.71. The maximum absolute atomic E-state index is 12.3. The quantitative estimate of drug-likeness (QED) is 0.116. The number of hydrogen-bond acceptors (Lipinski definition) is 6. The Morgan fingerprint density at radius 1 is 1.08 bits per heavy atom. The van der Waals surface area contributed by atoms with E-state index in [1.54, 1.807) is 13.3 Å². The highest BCUT2D eigenvalue weighted by Crippen LogP contribution is 2.40. The lowest BCUT2D eigenvalue weighted by molar-refractivity contribution is -0.123. The molecule has 1 aliphatic carbocycles. The molecule has 4 rings (SSSR count). The van der Waals surface area contributed by atoms with E-state index >= 15 is 0 Å². The molecule has 1 unspecified atom stereocenters. The zero-order chi connectivity index (χ0) is 36.2. The van der Waals surface area contributed by atoms with Crippen molar-refractivity contribution in [3.05, 3.63) is 93.5 Å². The van der Waals surface area contributed by atoms with Crippen molar-refractivity contribution in [3.63, 3.8) is 0 Å². The Labute approximate surface area is 302 Å². The van der Waals surface area contributed by atoms with E-state index in [2.05, 4.69) is 112 Å². The fraction of sp³-hybridized carbons (Fsp3) is 0.477. The number of carbonyl (C=O) groups excluding carboxylic acids is 1. The van der Waals surface area contributed by atoms with E-state index < -0.39 is 0 Å². The van der Waals surface area contributed by atoms with E-state index in [1.165, 1.54) is 28.7 Å². The smallest absolute Gasteiger partial charge is 0.149 e. The van der Waals surface area contributed by atoms with Crippen LogP contribution in [0.5, 0.6) is 0 Å². The molecule has 1 saturated heterocycles. The number of likely N-dealkylation sites (tertiary alicyclic amines) is 1. The van der Waals surface area contributed by atoms with Crippen LogP contribution in [0.2, 0.25) is 0 Å². The number of Topliss-reactive ketones (excluding diaryl/α,β-unsaturated/α-hetero) is 1. The van der Waals surface area contributed by atoms with Gasteiger partial charge in [0.05, 0.1) is 25.1 Å². The van der Waals surface area contributed by atoms with Crippen LogP contribution in [-0.4, -0.2) is 48.1 Å². The van der Waals surface area contributed by atoms with Gasteiger partial charge in [-0.25, -0.2) is 4.98 Å². The molecule has 1 N–H and O–H groups in total. The zero-order valence-corrected chi connectivity index (χ0v) is 32.2. The molecule has 1 saturated carbocycles. The van der Waals surface area contributed by atoms with Crippen LogP contribution in [0.15, 0.2) is 70.6 Å². The second kappa shape index (κ2) is 18.8. The average Bonchev–Trinajstić information content (AvgIpc) is 3.10. The zero-order valence-electron chi connectivity index (χ0n) is 32.2. The number of allylic oxidation sites excluding steroid dienone is 8. The molecular formula is C44H60N4O2. The number of nitrogens with one attached hydrogen (secondary N) is 1. The number of aliphatic imine (C=N–C) groups is 1. The molecule has 1 aromatic carbocycles. The van der Waals surface area contributed by atoms with Crippen LogP contribution in [0.25, 0.3) is 17.2 Å². The summed E-state index contributed by atoms with van der Waals surface area (Å²) in [6.07, 6.45) is 20.5. The predicted molar refractivity (Wildman–Crippen MR) is 214 cm³/mol. The van der Waals surface area contributed by atoms with Gasteiger partial charge in [-0.1, -0.05) is 56.7 Å². The lowest BCUT2D eigenvalue weighted by atomic mass is 9.84. The average molecular weight is 677 g/mol. The molecule has 6 heteroatoms. The monoisotopic (exact) mass is 676 g/mol. The van der Waals surface area contributed by atoms with Crippen molar-refractivity contribution in [2.75, 3.05) is 25.5 Å². The summed E-state index contributed by atoms with van der Waals surface area (Å²) in [5.74, 6) is 2.50. The number of ether oxygens (including phenoxy) is 1. The Kier molecular flexibility index (Phi) is 14.6. The van der Waals surface area contributed by atoms with Crippen molar-refractivity contribution >= 4 is 40.7 Å². The molecule has 0 amide bonds. The van der Waals surface area contributed by atoms with E-state index in [-0.39, 0.29) is 6.04 Å². The van der Waals surface area contributed by atoms with E-state index in [0.29, 0.717) is 18.1 Å². The van der Waals surface area contributed by atoms with E-state index in [0.717, 1.165) is 96.8 Å². The Hall–Kier alpha value is -4.03. The highest BCUT2D eigenvalue weighted by molar-refractivity contribution is 5.86. The van der Waals surface area contributed by atoms with Gasteiger partial charge in [0.1, 0.15) is 17.4 Å². The van der Waals surface area contributed by atoms with Gasteiger partial charge in [-0.2, -0.15) is 0 Å². The van der Waals surface area contributed by atoms with Gasteiger partial charge >= 0.3 is 0 Å². The minimum atomic E-state index is 0.0158. The number of rotatable bonds is 15. The fourth-order valence-electron chi connectivity index (χ4n) is 6.90. The van der Waals surface area contributed by atoms with Gasteiger partial charge in [0, 0.05) is 23.9 Å². The first-order valence-corrected chi connectivity index (χ1v) is 18.8. The topological polar surface area (TPSA) is 66.8 Å².